The van der Waals surface area contributed by atoms with Gasteiger partial charge in [-0.1, -0.05) is 30.3 Å². The Balaban J connectivity index is 1.62. The van der Waals surface area contributed by atoms with E-state index in [1.165, 1.54) is 0 Å². The zero-order valence-electron chi connectivity index (χ0n) is 14.3. The van der Waals surface area contributed by atoms with Gasteiger partial charge < -0.3 is 15.8 Å². The molecule has 2 aromatic heterocycles. The molecule has 4 rings (SSSR count). The van der Waals surface area contributed by atoms with Crippen LogP contribution >= 0.6 is 11.3 Å². The first-order valence-electron chi connectivity index (χ1n) is 8.59. The highest BCUT2D eigenvalue weighted by Gasteiger charge is 2.38. The molecule has 1 amide bonds. The Morgan fingerprint density at radius 3 is 2.73 bits per heavy atom. The van der Waals surface area contributed by atoms with E-state index in [4.69, 9.17) is 10.5 Å². The summed E-state index contributed by atoms with van der Waals surface area (Å²) >= 11 is 1.63. The fourth-order valence-electron chi connectivity index (χ4n) is 3.27. The summed E-state index contributed by atoms with van der Waals surface area (Å²) < 4.78 is 5.39. The lowest BCUT2D eigenvalue weighted by Crippen LogP contribution is -2.46. The average molecular weight is 368 g/mol. The molecule has 0 saturated carbocycles. The highest BCUT2D eigenvalue weighted by Crippen LogP contribution is 2.36. The van der Waals surface area contributed by atoms with Crippen LogP contribution in [-0.4, -0.2) is 35.6 Å². The number of primary amides is 1. The highest BCUT2D eigenvalue weighted by atomic mass is 32.1. The van der Waals surface area contributed by atoms with Gasteiger partial charge in [0.2, 0.25) is 5.91 Å². The van der Waals surface area contributed by atoms with Crippen molar-refractivity contribution in [1.82, 2.24) is 9.97 Å². The second kappa shape index (κ2) is 7.01. The minimum absolute atomic E-state index is 0.283. The summed E-state index contributed by atoms with van der Waals surface area (Å²) in [6.07, 6.45) is 2.81. The van der Waals surface area contributed by atoms with Crippen LogP contribution in [-0.2, 0) is 9.53 Å². The molecular formula is C19H20N4O2S. The minimum atomic E-state index is -0.589. The number of hydrogen-bond acceptors (Lipinski definition) is 6. The number of carbonyl (C=O) groups excluding carboxylic acids is 1. The topological polar surface area (TPSA) is 90.1 Å². The lowest BCUT2D eigenvalue weighted by molar-refractivity contribution is -0.132. The monoisotopic (exact) mass is 368 g/mol. The van der Waals surface area contributed by atoms with Gasteiger partial charge in [0.1, 0.15) is 17.0 Å². The summed E-state index contributed by atoms with van der Waals surface area (Å²) in [5, 5.41) is 4.30. The molecule has 0 unspecified atom stereocenters. The first kappa shape index (κ1) is 16.9. The Labute approximate surface area is 155 Å². The zero-order valence-corrected chi connectivity index (χ0v) is 15.1. The van der Waals surface area contributed by atoms with Crippen molar-refractivity contribution in [2.24, 2.45) is 11.1 Å². The number of hydrogen-bond donors (Lipinski definition) is 2. The summed E-state index contributed by atoms with van der Waals surface area (Å²) in [6.45, 7) is 1.56. The molecular weight excluding hydrogens is 348 g/mol. The summed E-state index contributed by atoms with van der Waals surface area (Å²) in [6, 6.07) is 12.3. The SMILES string of the molecule is NC(=O)C1(CNc2ncnc3sc(-c4ccccc4)cc23)CCOCC1. The van der Waals surface area contributed by atoms with E-state index in [-0.39, 0.29) is 5.91 Å². The van der Waals surface area contributed by atoms with Crippen molar-refractivity contribution in [3.8, 4) is 10.4 Å². The van der Waals surface area contributed by atoms with Gasteiger partial charge in [-0.05, 0) is 24.5 Å². The van der Waals surface area contributed by atoms with E-state index in [0.717, 1.165) is 26.5 Å². The van der Waals surface area contributed by atoms with E-state index in [1.54, 1.807) is 17.7 Å². The maximum absolute atomic E-state index is 12.0. The Morgan fingerprint density at radius 2 is 2.00 bits per heavy atom. The van der Waals surface area contributed by atoms with Crippen LogP contribution in [0.4, 0.5) is 5.82 Å². The number of ether oxygens (including phenoxy) is 1. The fourth-order valence-corrected chi connectivity index (χ4v) is 4.27. The number of rotatable bonds is 5. The number of nitrogens with one attached hydrogen (secondary N) is 1. The molecule has 0 aliphatic carbocycles. The van der Waals surface area contributed by atoms with Crippen molar-refractivity contribution in [3.05, 3.63) is 42.7 Å². The van der Waals surface area contributed by atoms with Crippen molar-refractivity contribution in [2.45, 2.75) is 12.8 Å². The van der Waals surface area contributed by atoms with Crippen LogP contribution in [0, 0.1) is 5.41 Å². The van der Waals surface area contributed by atoms with Crippen LogP contribution in [0.5, 0.6) is 0 Å². The molecule has 7 heteroatoms. The normalized spacial score (nSPS) is 16.5. The third kappa shape index (κ3) is 3.15. The molecule has 0 spiro atoms. The third-order valence-electron chi connectivity index (χ3n) is 4.95. The zero-order chi connectivity index (χ0) is 18.0. The third-order valence-corrected chi connectivity index (χ3v) is 6.05. The molecule has 0 atom stereocenters. The molecule has 134 valence electrons. The standard InChI is InChI=1S/C19H20N4O2S/c20-18(24)19(6-8-25-9-7-19)11-21-16-14-10-15(13-4-2-1-3-5-13)26-17(14)23-12-22-16/h1-5,10,12H,6-9,11H2,(H2,20,24)(H,21,22,23). The van der Waals surface area contributed by atoms with E-state index in [0.29, 0.717) is 32.6 Å². The van der Waals surface area contributed by atoms with E-state index in [2.05, 4.69) is 33.5 Å². The molecule has 0 bridgehead atoms. The first-order chi connectivity index (χ1) is 12.7. The fraction of sp³-hybridized carbons (Fsp3) is 0.316. The number of amides is 1. The second-order valence-corrected chi connectivity index (χ2v) is 7.56. The predicted molar refractivity (Wildman–Crippen MR) is 103 cm³/mol. The summed E-state index contributed by atoms with van der Waals surface area (Å²) in [4.78, 5) is 22.9. The number of thiophene rings is 1. The molecule has 1 aliphatic heterocycles. The largest absolute Gasteiger partial charge is 0.381 e. The van der Waals surface area contributed by atoms with Crippen LogP contribution in [0.2, 0.25) is 0 Å². The van der Waals surface area contributed by atoms with Gasteiger partial charge in [0.25, 0.3) is 0 Å². The molecule has 6 nitrogen and oxygen atoms in total. The molecule has 1 aromatic carbocycles. The molecule has 3 N–H and O–H groups in total. The van der Waals surface area contributed by atoms with Crippen molar-refractivity contribution >= 4 is 33.3 Å². The highest BCUT2D eigenvalue weighted by molar-refractivity contribution is 7.21. The van der Waals surface area contributed by atoms with Crippen molar-refractivity contribution in [3.63, 3.8) is 0 Å². The molecule has 0 radical (unpaired) electrons. The van der Waals surface area contributed by atoms with Gasteiger partial charge in [-0.3, -0.25) is 4.79 Å². The second-order valence-electron chi connectivity index (χ2n) is 6.53. The van der Waals surface area contributed by atoms with Gasteiger partial charge in [0, 0.05) is 24.6 Å². The van der Waals surface area contributed by atoms with Crippen molar-refractivity contribution < 1.29 is 9.53 Å². The van der Waals surface area contributed by atoms with Crippen LogP contribution < -0.4 is 11.1 Å². The molecule has 1 saturated heterocycles. The van der Waals surface area contributed by atoms with E-state index in [9.17, 15) is 4.79 Å². The van der Waals surface area contributed by atoms with Gasteiger partial charge in [-0.15, -0.1) is 11.3 Å². The Bertz CT molecular complexity index is 920. The maximum Gasteiger partial charge on any atom is 0.225 e. The van der Waals surface area contributed by atoms with Gasteiger partial charge in [0.15, 0.2) is 0 Å². The quantitative estimate of drug-likeness (QED) is 0.722. The van der Waals surface area contributed by atoms with Gasteiger partial charge in [-0.25, -0.2) is 9.97 Å². The van der Waals surface area contributed by atoms with Crippen LogP contribution in [0.15, 0.2) is 42.7 Å². The Hall–Kier alpha value is -2.51. The van der Waals surface area contributed by atoms with Crippen molar-refractivity contribution in [2.75, 3.05) is 25.1 Å². The molecule has 1 fully saturated rings. The molecule has 26 heavy (non-hydrogen) atoms. The number of anilines is 1. The lowest BCUT2D eigenvalue weighted by Gasteiger charge is -2.34. The van der Waals surface area contributed by atoms with Crippen LogP contribution in [0.25, 0.3) is 20.7 Å². The number of carbonyl (C=O) groups is 1. The minimum Gasteiger partial charge on any atom is -0.381 e. The van der Waals surface area contributed by atoms with Gasteiger partial charge in [0.05, 0.1) is 10.8 Å². The Morgan fingerprint density at radius 1 is 1.23 bits per heavy atom. The van der Waals surface area contributed by atoms with Gasteiger partial charge in [-0.2, -0.15) is 0 Å². The number of nitrogens with zero attached hydrogens (tertiary/aromatic N) is 2. The maximum atomic E-state index is 12.0. The summed E-state index contributed by atoms with van der Waals surface area (Å²) in [5.41, 5.74) is 6.26. The Kier molecular flexibility index (Phi) is 4.57. The average Bonchev–Trinajstić information content (AvgIpc) is 3.12. The first-order valence-corrected chi connectivity index (χ1v) is 9.41. The van der Waals surface area contributed by atoms with Crippen molar-refractivity contribution in [1.29, 1.82) is 0 Å². The van der Waals surface area contributed by atoms with E-state index >= 15 is 0 Å². The smallest absolute Gasteiger partial charge is 0.225 e. The lowest BCUT2D eigenvalue weighted by atomic mass is 9.79. The number of fused-ring (bicyclic) bond motifs is 1. The molecule has 3 heterocycles. The molecule has 1 aliphatic rings. The van der Waals surface area contributed by atoms with Crippen LogP contribution in [0.1, 0.15) is 12.8 Å². The number of aromatic nitrogens is 2. The van der Waals surface area contributed by atoms with E-state index in [1.807, 2.05) is 18.2 Å². The molecule has 3 aromatic rings. The summed E-state index contributed by atoms with van der Waals surface area (Å²) in [7, 11) is 0. The summed E-state index contributed by atoms with van der Waals surface area (Å²) in [5.74, 6) is 0.453. The van der Waals surface area contributed by atoms with Gasteiger partial charge >= 0.3 is 0 Å². The number of nitrogens with two attached hydrogens (primary N) is 1. The predicted octanol–water partition coefficient (Wildman–Crippen LogP) is 3.05. The number of benzene rings is 1. The van der Waals surface area contributed by atoms with E-state index < -0.39 is 5.41 Å². The van der Waals surface area contributed by atoms with Crippen LogP contribution in [0.3, 0.4) is 0 Å².